The topological polar surface area (TPSA) is 50.7 Å². The van der Waals surface area contributed by atoms with Gasteiger partial charge < -0.3 is 19.9 Å². The molecule has 5 heteroatoms. The number of hydrogen-bond donors (Lipinski definition) is 2. The maximum Gasteiger partial charge on any atom is 0.165 e. The van der Waals surface area contributed by atoms with Crippen LogP contribution in [-0.4, -0.2) is 38.6 Å². The number of nitrogens with one attached hydrogen (secondary N) is 1. The van der Waals surface area contributed by atoms with Crippen molar-refractivity contribution in [1.29, 1.82) is 0 Å². The van der Waals surface area contributed by atoms with Gasteiger partial charge >= 0.3 is 0 Å². The van der Waals surface area contributed by atoms with Gasteiger partial charge in [0.1, 0.15) is 0 Å². The Kier molecular flexibility index (Phi) is 7.32. The Morgan fingerprint density at radius 1 is 1.33 bits per heavy atom. The van der Waals surface area contributed by atoms with E-state index in [-0.39, 0.29) is 18.2 Å². The molecule has 2 N–H and O–H groups in total. The van der Waals surface area contributed by atoms with E-state index in [0.29, 0.717) is 19.8 Å². The maximum absolute atomic E-state index is 13.4. The van der Waals surface area contributed by atoms with Crippen LogP contribution in [0.3, 0.4) is 0 Å². The van der Waals surface area contributed by atoms with E-state index in [2.05, 4.69) is 5.32 Å². The zero-order chi connectivity index (χ0) is 13.2. The molecule has 0 fully saturated rings. The minimum Gasteiger partial charge on any atom is -0.494 e. The fourth-order valence-corrected chi connectivity index (χ4v) is 1.52. The summed E-state index contributed by atoms with van der Waals surface area (Å²) in [6, 6.07) is 4.92. The molecule has 0 aromatic heterocycles. The Bertz CT molecular complexity index is 347. The molecule has 0 aliphatic heterocycles. The second-order valence-electron chi connectivity index (χ2n) is 3.84. The van der Waals surface area contributed by atoms with Crippen molar-refractivity contribution in [3.8, 4) is 5.75 Å². The second-order valence-corrected chi connectivity index (χ2v) is 3.84. The third-order valence-corrected chi connectivity index (χ3v) is 2.42. The highest BCUT2D eigenvalue weighted by Gasteiger charge is 2.02. The van der Waals surface area contributed by atoms with Crippen molar-refractivity contribution < 1.29 is 19.0 Å². The molecule has 1 rings (SSSR count). The second kappa shape index (κ2) is 8.85. The number of ether oxygens (including phenoxy) is 2. The lowest BCUT2D eigenvalue weighted by Crippen LogP contribution is -2.16. The molecule has 0 aliphatic carbocycles. The highest BCUT2D eigenvalue weighted by molar-refractivity contribution is 5.29. The summed E-state index contributed by atoms with van der Waals surface area (Å²) in [6.45, 7) is 2.45. The van der Waals surface area contributed by atoms with Crippen LogP contribution >= 0.6 is 0 Å². The summed E-state index contributed by atoms with van der Waals surface area (Å²) in [5, 5.41) is 11.7. The summed E-state index contributed by atoms with van der Waals surface area (Å²) >= 11 is 0. The largest absolute Gasteiger partial charge is 0.494 e. The molecule has 0 atom stereocenters. The first-order chi connectivity index (χ1) is 8.77. The number of halogens is 1. The van der Waals surface area contributed by atoms with Crippen molar-refractivity contribution in [2.75, 3.05) is 33.5 Å². The van der Waals surface area contributed by atoms with E-state index in [1.807, 2.05) is 6.07 Å². The molecule has 102 valence electrons. The number of aliphatic hydroxyl groups excluding tert-OH is 1. The average Bonchev–Trinajstić information content (AvgIpc) is 2.38. The van der Waals surface area contributed by atoms with E-state index in [4.69, 9.17) is 14.6 Å². The molecule has 0 unspecified atom stereocenters. The van der Waals surface area contributed by atoms with Crippen LogP contribution in [0.2, 0.25) is 0 Å². The molecule has 4 nitrogen and oxygen atoms in total. The summed E-state index contributed by atoms with van der Waals surface area (Å²) in [6.07, 6.45) is 0.860. The molecule has 0 aliphatic rings. The first-order valence-corrected chi connectivity index (χ1v) is 5.99. The van der Waals surface area contributed by atoms with Crippen molar-refractivity contribution in [2.45, 2.75) is 13.0 Å². The quantitative estimate of drug-likeness (QED) is 0.655. The minimum absolute atomic E-state index is 0.0541. The van der Waals surface area contributed by atoms with Gasteiger partial charge in [-0.15, -0.1) is 0 Å². The van der Waals surface area contributed by atoms with Crippen molar-refractivity contribution in [3.63, 3.8) is 0 Å². The van der Waals surface area contributed by atoms with Crippen LogP contribution in [-0.2, 0) is 11.3 Å². The van der Waals surface area contributed by atoms with Gasteiger partial charge in [-0.2, -0.15) is 0 Å². The third kappa shape index (κ3) is 5.44. The summed E-state index contributed by atoms with van der Waals surface area (Å²) in [7, 11) is 1.45. The molecule has 18 heavy (non-hydrogen) atoms. The van der Waals surface area contributed by atoms with Crippen LogP contribution in [0.4, 0.5) is 4.39 Å². The van der Waals surface area contributed by atoms with Crippen LogP contribution in [0.5, 0.6) is 5.75 Å². The smallest absolute Gasteiger partial charge is 0.165 e. The lowest BCUT2D eigenvalue weighted by molar-refractivity contribution is 0.0907. The zero-order valence-corrected chi connectivity index (χ0v) is 10.6. The Morgan fingerprint density at radius 3 is 2.83 bits per heavy atom. The lowest BCUT2D eigenvalue weighted by Gasteiger charge is -2.07. The average molecular weight is 257 g/mol. The van der Waals surface area contributed by atoms with Crippen LogP contribution < -0.4 is 10.1 Å². The van der Waals surface area contributed by atoms with Gasteiger partial charge in [0.25, 0.3) is 0 Å². The van der Waals surface area contributed by atoms with Gasteiger partial charge in [0.05, 0.1) is 20.3 Å². The number of rotatable bonds is 9. The predicted octanol–water partition coefficient (Wildman–Crippen LogP) is 1.32. The first kappa shape index (κ1) is 14.9. The molecular weight excluding hydrogens is 237 g/mol. The number of methoxy groups -OCH3 is 1. The van der Waals surface area contributed by atoms with E-state index in [1.54, 1.807) is 6.07 Å². The fourth-order valence-electron chi connectivity index (χ4n) is 1.52. The molecule has 1 aromatic carbocycles. The molecule has 0 saturated heterocycles. The van der Waals surface area contributed by atoms with Gasteiger partial charge in [0, 0.05) is 13.2 Å². The van der Waals surface area contributed by atoms with Crippen LogP contribution in [0.1, 0.15) is 12.0 Å². The Balaban J connectivity index is 2.17. The zero-order valence-electron chi connectivity index (χ0n) is 10.6. The molecule has 0 amide bonds. The number of aliphatic hydroxyl groups is 1. The van der Waals surface area contributed by atoms with E-state index in [9.17, 15) is 4.39 Å². The molecule has 0 radical (unpaired) electrons. The standard InChI is InChI=1S/C13H20FNO3/c1-17-13-4-3-11(9-12(13)14)10-15-5-2-7-18-8-6-16/h3-4,9,15-16H,2,5-8,10H2,1H3. The Morgan fingerprint density at radius 2 is 2.17 bits per heavy atom. The van der Waals surface area contributed by atoms with Gasteiger partial charge in [0.2, 0.25) is 0 Å². The van der Waals surface area contributed by atoms with Gasteiger partial charge in [-0.3, -0.25) is 0 Å². The van der Waals surface area contributed by atoms with Crippen molar-refractivity contribution in [2.24, 2.45) is 0 Å². The van der Waals surface area contributed by atoms with Crippen LogP contribution in [0, 0.1) is 5.82 Å². The van der Waals surface area contributed by atoms with E-state index in [0.717, 1.165) is 18.5 Å². The Hall–Kier alpha value is -1.17. The van der Waals surface area contributed by atoms with Gasteiger partial charge in [-0.05, 0) is 30.7 Å². The van der Waals surface area contributed by atoms with E-state index < -0.39 is 0 Å². The molecule has 0 bridgehead atoms. The molecule has 0 spiro atoms. The van der Waals surface area contributed by atoms with E-state index in [1.165, 1.54) is 13.2 Å². The highest BCUT2D eigenvalue weighted by Crippen LogP contribution is 2.17. The summed E-state index contributed by atoms with van der Waals surface area (Å²) < 4.78 is 23.3. The summed E-state index contributed by atoms with van der Waals surface area (Å²) in [5.74, 6) is -0.0840. The molecule has 0 heterocycles. The number of benzene rings is 1. The molecule has 1 aromatic rings. The normalized spacial score (nSPS) is 10.6. The predicted molar refractivity (Wildman–Crippen MR) is 67.2 cm³/mol. The monoisotopic (exact) mass is 257 g/mol. The van der Waals surface area contributed by atoms with Gasteiger partial charge in [0.15, 0.2) is 11.6 Å². The summed E-state index contributed by atoms with van der Waals surface area (Å²) in [5.41, 5.74) is 0.879. The number of hydrogen-bond acceptors (Lipinski definition) is 4. The lowest BCUT2D eigenvalue weighted by atomic mass is 10.2. The minimum atomic E-state index is -0.344. The van der Waals surface area contributed by atoms with Gasteiger partial charge in [-0.25, -0.2) is 4.39 Å². The summed E-state index contributed by atoms with van der Waals surface area (Å²) in [4.78, 5) is 0. The van der Waals surface area contributed by atoms with Crippen LogP contribution in [0.15, 0.2) is 18.2 Å². The van der Waals surface area contributed by atoms with E-state index >= 15 is 0 Å². The fraction of sp³-hybridized carbons (Fsp3) is 0.538. The van der Waals surface area contributed by atoms with Crippen molar-refractivity contribution in [1.82, 2.24) is 5.32 Å². The molecule has 0 saturated carbocycles. The SMILES string of the molecule is COc1ccc(CNCCCOCCO)cc1F. The van der Waals surface area contributed by atoms with Gasteiger partial charge in [-0.1, -0.05) is 6.07 Å². The Labute approximate surface area is 107 Å². The third-order valence-electron chi connectivity index (χ3n) is 2.42. The van der Waals surface area contributed by atoms with Crippen molar-refractivity contribution >= 4 is 0 Å². The highest BCUT2D eigenvalue weighted by atomic mass is 19.1. The van der Waals surface area contributed by atoms with Crippen molar-refractivity contribution in [3.05, 3.63) is 29.6 Å². The van der Waals surface area contributed by atoms with Crippen LogP contribution in [0.25, 0.3) is 0 Å². The maximum atomic E-state index is 13.4. The molecular formula is C13H20FNO3. The first-order valence-electron chi connectivity index (χ1n) is 5.99.